The number of benzene rings is 2. The number of nitrogens with zero attached hydrogens (tertiary/aromatic N) is 4. The topological polar surface area (TPSA) is 80.7 Å². The van der Waals surface area contributed by atoms with Gasteiger partial charge in [0.05, 0.1) is 28.6 Å². The van der Waals surface area contributed by atoms with E-state index < -0.39 is 0 Å². The summed E-state index contributed by atoms with van der Waals surface area (Å²) in [7, 11) is 0. The number of aryl methyl sites for hydroxylation is 1. The minimum atomic E-state index is -0.296. The summed E-state index contributed by atoms with van der Waals surface area (Å²) in [6, 6.07) is 11.3. The van der Waals surface area contributed by atoms with Crippen LogP contribution in [0.3, 0.4) is 0 Å². The lowest BCUT2D eigenvalue weighted by Crippen LogP contribution is -2.24. The van der Waals surface area contributed by atoms with Gasteiger partial charge in [0.2, 0.25) is 0 Å². The first-order valence-electron chi connectivity index (χ1n) is 9.25. The molecule has 0 saturated heterocycles. The highest BCUT2D eigenvalue weighted by molar-refractivity contribution is 5.97. The zero-order chi connectivity index (χ0) is 20.1. The Morgan fingerprint density at radius 2 is 1.83 bits per heavy atom. The van der Waals surface area contributed by atoms with Crippen molar-refractivity contribution >= 4 is 16.9 Å². The minimum Gasteiger partial charge on any atom is -0.352 e. The van der Waals surface area contributed by atoms with E-state index in [9.17, 15) is 9.18 Å². The quantitative estimate of drug-likeness (QED) is 0.512. The van der Waals surface area contributed by atoms with E-state index in [4.69, 9.17) is 0 Å². The van der Waals surface area contributed by atoms with E-state index in [-0.39, 0.29) is 11.7 Å². The Balaban J connectivity index is 1.41. The highest BCUT2D eigenvalue weighted by Crippen LogP contribution is 2.20. The number of nitrogens with one attached hydrogen (secondary N) is 1. The van der Waals surface area contributed by atoms with Crippen LogP contribution >= 0.6 is 0 Å². The molecule has 6 nitrogen and oxygen atoms in total. The fourth-order valence-corrected chi connectivity index (χ4v) is 2.94. The largest absolute Gasteiger partial charge is 0.352 e. The predicted molar refractivity (Wildman–Crippen MR) is 108 cm³/mol. The van der Waals surface area contributed by atoms with Gasteiger partial charge in [-0.05, 0) is 55.3 Å². The summed E-state index contributed by atoms with van der Waals surface area (Å²) in [5.41, 5.74) is 4.17. The molecule has 0 fully saturated rings. The summed E-state index contributed by atoms with van der Waals surface area (Å²) in [6.07, 6.45) is 8.17. The molecule has 7 heteroatoms. The van der Waals surface area contributed by atoms with Crippen LogP contribution < -0.4 is 5.32 Å². The second kappa shape index (κ2) is 8.52. The number of aromatic nitrogens is 4. The summed E-state index contributed by atoms with van der Waals surface area (Å²) >= 11 is 0. The summed E-state index contributed by atoms with van der Waals surface area (Å²) in [5.74, 6) is -0.453. The smallest absolute Gasteiger partial charge is 0.251 e. The lowest BCUT2D eigenvalue weighted by Gasteiger charge is -2.07. The van der Waals surface area contributed by atoms with Crippen molar-refractivity contribution in [1.82, 2.24) is 25.3 Å². The van der Waals surface area contributed by atoms with Crippen LogP contribution in [0.1, 0.15) is 22.5 Å². The molecule has 29 heavy (non-hydrogen) atoms. The highest BCUT2D eigenvalue weighted by atomic mass is 19.1. The maximum Gasteiger partial charge on any atom is 0.251 e. The van der Waals surface area contributed by atoms with Crippen molar-refractivity contribution in [3.8, 4) is 11.3 Å². The standard InChI is InChI=1S/C22H18FN5O/c23-17-6-3-15(4-7-17)21-14-27-20-12-16(5-8-19(20)28-21)22(29)26-9-1-2-18-13-24-10-11-25-18/h3-8,10-14H,1-2,9H2,(H,26,29). The number of hydrogen-bond acceptors (Lipinski definition) is 5. The molecule has 4 aromatic rings. The van der Waals surface area contributed by atoms with Crippen molar-refractivity contribution in [2.45, 2.75) is 12.8 Å². The first-order valence-corrected chi connectivity index (χ1v) is 9.25. The number of carbonyl (C=O) groups excluding carboxylic acids is 1. The van der Waals surface area contributed by atoms with Gasteiger partial charge in [-0.3, -0.25) is 19.7 Å². The van der Waals surface area contributed by atoms with Gasteiger partial charge < -0.3 is 5.32 Å². The highest BCUT2D eigenvalue weighted by Gasteiger charge is 2.09. The molecule has 2 heterocycles. The molecule has 1 amide bonds. The molecule has 0 spiro atoms. The number of carbonyl (C=O) groups is 1. The average molecular weight is 387 g/mol. The molecule has 0 radical (unpaired) electrons. The molecule has 0 atom stereocenters. The number of fused-ring (bicyclic) bond motifs is 1. The number of rotatable bonds is 6. The van der Waals surface area contributed by atoms with E-state index in [1.165, 1.54) is 12.1 Å². The molecule has 1 N–H and O–H groups in total. The average Bonchev–Trinajstić information content (AvgIpc) is 2.77. The van der Waals surface area contributed by atoms with Gasteiger partial charge in [-0.2, -0.15) is 0 Å². The number of hydrogen-bond donors (Lipinski definition) is 1. The Hall–Kier alpha value is -3.74. The minimum absolute atomic E-state index is 0.157. The van der Waals surface area contributed by atoms with Crippen LogP contribution in [-0.2, 0) is 6.42 Å². The molecule has 0 saturated carbocycles. The Morgan fingerprint density at radius 3 is 2.62 bits per heavy atom. The molecule has 0 aliphatic carbocycles. The fourth-order valence-electron chi connectivity index (χ4n) is 2.94. The lowest BCUT2D eigenvalue weighted by atomic mass is 10.1. The second-order valence-corrected chi connectivity index (χ2v) is 6.52. The van der Waals surface area contributed by atoms with Gasteiger partial charge >= 0.3 is 0 Å². The van der Waals surface area contributed by atoms with Crippen molar-refractivity contribution in [3.63, 3.8) is 0 Å². The third-order valence-corrected chi connectivity index (χ3v) is 4.46. The van der Waals surface area contributed by atoms with Crippen molar-refractivity contribution in [2.75, 3.05) is 6.54 Å². The first-order chi connectivity index (χ1) is 14.2. The van der Waals surface area contributed by atoms with Crippen molar-refractivity contribution in [2.24, 2.45) is 0 Å². The normalized spacial score (nSPS) is 10.8. The van der Waals surface area contributed by atoms with Crippen LogP contribution in [0.2, 0.25) is 0 Å². The molecule has 0 aliphatic heterocycles. The maximum atomic E-state index is 13.1. The third kappa shape index (κ3) is 4.57. The van der Waals surface area contributed by atoms with E-state index in [0.717, 1.165) is 24.1 Å². The molecule has 144 valence electrons. The predicted octanol–water partition coefficient (Wildman–Crippen LogP) is 3.59. The Bertz CT molecular complexity index is 1130. The van der Waals surface area contributed by atoms with E-state index in [0.29, 0.717) is 28.8 Å². The summed E-state index contributed by atoms with van der Waals surface area (Å²) in [5, 5.41) is 2.91. The first kappa shape index (κ1) is 18.6. The van der Waals surface area contributed by atoms with Gasteiger partial charge in [0.1, 0.15) is 5.82 Å². The SMILES string of the molecule is O=C(NCCCc1cnccn1)c1ccc2nc(-c3ccc(F)cc3)cnc2c1. The zero-order valence-electron chi connectivity index (χ0n) is 15.5. The fraction of sp³-hybridized carbons (Fsp3) is 0.136. The van der Waals surface area contributed by atoms with Gasteiger partial charge in [-0.15, -0.1) is 0 Å². The van der Waals surface area contributed by atoms with Gasteiger partial charge in [-0.1, -0.05) is 0 Å². The molecule has 4 rings (SSSR count). The number of halogens is 1. The third-order valence-electron chi connectivity index (χ3n) is 4.46. The molecule has 0 aliphatic rings. The Kier molecular flexibility index (Phi) is 5.47. The van der Waals surface area contributed by atoms with E-state index in [2.05, 4.69) is 25.3 Å². The van der Waals surface area contributed by atoms with Crippen molar-refractivity contribution < 1.29 is 9.18 Å². The molecule has 2 aromatic carbocycles. The van der Waals surface area contributed by atoms with Crippen LogP contribution in [0.5, 0.6) is 0 Å². The molecular formula is C22H18FN5O. The summed E-state index contributed by atoms with van der Waals surface area (Å²) in [6.45, 7) is 0.544. The van der Waals surface area contributed by atoms with Crippen LogP contribution in [0.15, 0.2) is 67.3 Å². The van der Waals surface area contributed by atoms with E-state index >= 15 is 0 Å². The van der Waals surface area contributed by atoms with Gasteiger partial charge in [0.15, 0.2) is 0 Å². The van der Waals surface area contributed by atoms with Gasteiger partial charge in [-0.25, -0.2) is 9.37 Å². The monoisotopic (exact) mass is 387 g/mol. The van der Waals surface area contributed by atoms with Crippen LogP contribution in [-0.4, -0.2) is 32.4 Å². The Morgan fingerprint density at radius 1 is 0.966 bits per heavy atom. The van der Waals surface area contributed by atoms with E-state index in [1.54, 1.807) is 55.1 Å². The molecule has 0 unspecified atom stereocenters. The Labute approximate surface area is 166 Å². The van der Waals surface area contributed by atoms with Crippen LogP contribution in [0.4, 0.5) is 4.39 Å². The molecule has 2 aromatic heterocycles. The van der Waals surface area contributed by atoms with Crippen molar-refractivity contribution in [3.05, 3.63) is 84.3 Å². The van der Waals surface area contributed by atoms with E-state index in [1.807, 2.05) is 0 Å². The molecule has 0 bridgehead atoms. The van der Waals surface area contributed by atoms with Gasteiger partial charge in [0.25, 0.3) is 5.91 Å². The lowest BCUT2D eigenvalue weighted by molar-refractivity contribution is 0.0953. The number of amides is 1. The summed E-state index contributed by atoms with van der Waals surface area (Å²) < 4.78 is 13.1. The van der Waals surface area contributed by atoms with Crippen LogP contribution in [0, 0.1) is 5.82 Å². The second-order valence-electron chi connectivity index (χ2n) is 6.52. The molecular weight excluding hydrogens is 369 g/mol. The zero-order valence-corrected chi connectivity index (χ0v) is 15.5. The maximum absolute atomic E-state index is 13.1. The van der Waals surface area contributed by atoms with Gasteiger partial charge in [0, 0.05) is 36.3 Å². The van der Waals surface area contributed by atoms with Crippen LogP contribution in [0.25, 0.3) is 22.3 Å². The summed E-state index contributed by atoms with van der Waals surface area (Å²) in [4.78, 5) is 29.6. The van der Waals surface area contributed by atoms with Crippen molar-refractivity contribution in [1.29, 1.82) is 0 Å².